The number of hydrogen-bond donors (Lipinski definition) is 1. The summed E-state index contributed by atoms with van der Waals surface area (Å²) in [5.41, 5.74) is 8.96. The molecule has 0 bridgehead atoms. The average Bonchev–Trinajstić information content (AvgIpc) is 3.18. The smallest absolute Gasteiger partial charge is 0.265 e. The fourth-order valence-electron chi connectivity index (χ4n) is 3.87. The number of aryl methyl sites for hydroxylation is 2. The van der Waals surface area contributed by atoms with Gasteiger partial charge in [0.15, 0.2) is 5.65 Å². The van der Waals surface area contributed by atoms with Crippen molar-refractivity contribution < 1.29 is 4.74 Å². The largest absolute Gasteiger partial charge is 0.489 e. The van der Waals surface area contributed by atoms with Crippen molar-refractivity contribution in [2.24, 2.45) is 5.10 Å². The van der Waals surface area contributed by atoms with E-state index in [1.165, 1.54) is 5.56 Å². The summed E-state index contributed by atoms with van der Waals surface area (Å²) in [5.74, 6) is 1.18. The molecule has 7 heteroatoms. The number of hydrogen-bond acceptors (Lipinski definition) is 6. The van der Waals surface area contributed by atoms with Gasteiger partial charge in [0.05, 0.1) is 11.7 Å². The van der Waals surface area contributed by atoms with Crippen molar-refractivity contribution in [3.63, 3.8) is 0 Å². The lowest BCUT2D eigenvalue weighted by Crippen LogP contribution is -2.03. The molecular weight excluding hydrogens is 424 g/mol. The van der Waals surface area contributed by atoms with E-state index >= 15 is 0 Å². The third-order valence-corrected chi connectivity index (χ3v) is 5.61. The standard InChI is InChI=1S/C27H26N6O/c1-3-16-33-24-7-5-4-6-23(24)25-26(33)29-27(32-30-25)31-28-17-20-12-14-22(15-13-20)34-18-21-10-8-19(2)9-11-21/h4-15,17H,3,16,18H2,1-2H3,(H,29,31,32)/b28-17+. The predicted octanol–water partition coefficient (Wildman–Crippen LogP) is 5.72. The molecule has 1 N–H and O–H groups in total. The second kappa shape index (κ2) is 9.70. The van der Waals surface area contributed by atoms with Crippen LogP contribution in [-0.2, 0) is 13.2 Å². The van der Waals surface area contributed by atoms with Gasteiger partial charge in [-0.3, -0.25) is 0 Å². The summed E-state index contributed by atoms with van der Waals surface area (Å²) >= 11 is 0. The van der Waals surface area contributed by atoms with Gasteiger partial charge in [-0.05, 0) is 54.8 Å². The molecule has 2 aromatic heterocycles. The van der Waals surface area contributed by atoms with Gasteiger partial charge in [-0.1, -0.05) is 55.0 Å². The van der Waals surface area contributed by atoms with Crippen molar-refractivity contribution in [2.75, 3.05) is 5.43 Å². The molecule has 0 saturated carbocycles. The van der Waals surface area contributed by atoms with E-state index in [4.69, 9.17) is 4.74 Å². The molecule has 0 unspecified atom stereocenters. The summed E-state index contributed by atoms with van der Waals surface area (Å²) in [6.45, 7) is 5.63. The van der Waals surface area contributed by atoms with Crippen molar-refractivity contribution in [2.45, 2.75) is 33.4 Å². The van der Waals surface area contributed by atoms with Crippen molar-refractivity contribution >= 4 is 34.2 Å². The highest BCUT2D eigenvalue weighted by Gasteiger charge is 2.13. The molecule has 5 aromatic rings. The quantitative estimate of drug-likeness (QED) is 0.242. The zero-order valence-electron chi connectivity index (χ0n) is 19.3. The second-order valence-corrected chi connectivity index (χ2v) is 8.19. The lowest BCUT2D eigenvalue weighted by atomic mass is 10.2. The van der Waals surface area contributed by atoms with Gasteiger partial charge in [0.1, 0.15) is 17.9 Å². The summed E-state index contributed by atoms with van der Waals surface area (Å²) < 4.78 is 8.05. The molecule has 0 saturated heterocycles. The minimum Gasteiger partial charge on any atom is -0.489 e. The van der Waals surface area contributed by atoms with E-state index in [2.05, 4.69) is 80.5 Å². The predicted molar refractivity (Wildman–Crippen MR) is 136 cm³/mol. The number of benzene rings is 3. The summed E-state index contributed by atoms with van der Waals surface area (Å²) in [6, 6.07) is 24.3. The fourth-order valence-corrected chi connectivity index (χ4v) is 3.87. The highest BCUT2D eigenvalue weighted by molar-refractivity contribution is 6.04. The van der Waals surface area contributed by atoms with Crippen molar-refractivity contribution in [3.05, 3.63) is 89.5 Å². The number of nitrogens with one attached hydrogen (secondary N) is 1. The molecule has 5 rings (SSSR count). The van der Waals surface area contributed by atoms with Gasteiger partial charge >= 0.3 is 0 Å². The molecule has 0 atom stereocenters. The van der Waals surface area contributed by atoms with E-state index in [1.807, 2.05) is 36.4 Å². The summed E-state index contributed by atoms with van der Waals surface area (Å²) in [6.07, 6.45) is 2.72. The fraction of sp³-hybridized carbons (Fsp3) is 0.185. The van der Waals surface area contributed by atoms with Gasteiger partial charge < -0.3 is 9.30 Å². The monoisotopic (exact) mass is 450 g/mol. The number of nitrogens with zero attached hydrogens (tertiary/aromatic N) is 5. The van der Waals surface area contributed by atoms with Crippen LogP contribution in [0.5, 0.6) is 5.75 Å². The molecule has 0 aliphatic rings. The van der Waals surface area contributed by atoms with Crippen LogP contribution >= 0.6 is 0 Å². The van der Waals surface area contributed by atoms with Gasteiger partial charge in [-0.2, -0.15) is 10.1 Å². The van der Waals surface area contributed by atoms with Crippen LogP contribution in [-0.4, -0.2) is 26.0 Å². The first-order valence-electron chi connectivity index (χ1n) is 11.4. The normalized spacial score (nSPS) is 11.5. The Labute approximate surface area is 198 Å². The van der Waals surface area contributed by atoms with Gasteiger partial charge in [0, 0.05) is 11.9 Å². The van der Waals surface area contributed by atoms with E-state index in [9.17, 15) is 0 Å². The highest BCUT2D eigenvalue weighted by atomic mass is 16.5. The number of anilines is 1. The number of hydrazone groups is 1. The second-order valence-electron chi connectivity index (χ2n) is 8.19. The maximum Gasteiger partial charge on any atom is 0.265 e. The van der Waals surface area contributed by atoms with Gasteiger partial charge in [-0.25, -0.2) is 5.43 Å². The maximum absolute atomic E-state index is 5.87. The zero-order valence-corrected chi connectivity index (χ0v) is 19.3. The summed E-state index contributed by atoms with van der Waals surface area (Å²) in [7, 11) is 0. The Bertz CT molecular complexity index is 1440. The molecule has 0 aliphatic heterocycles. The Morgan fingerprint density at radius 3 is 2.56 bits per heavy atom. The molecule has 0 radical (unpaired) electrons. The Morgan fingerprint density at radius 1 is 0.971 bits per heavy atom. The summed E-state index contributed by atoms with van der Waals surface area (Å²) in [4.78, 5) is 4.68. The third kappa shape index (κ3) is 4.59. The molecular formula is C27H26N6O. The van der Waals surface area contributed by atoms with Gasteiger partial charge in [0.2, 0.25) is 0 Å². The molecule has 3 aromatic carbocycles. The van der Waals surface area contributed by atoms with Gasteiger partial charge in [0.25, 0.3) is 5.95 Å². The molecule has 0 spiro atoms. The number of ether oxygens (including phenoxy) is 1. The first-order valence-corrected chi connectivity index (χ1v) is 11.4. The van der Waals surface area contributed by atoms with Gasteiger partial charge in [-0.15, -0.1) is 10.2 Å². The third-order valence-electron chi connectivity index (χ3n) is 5.61. The Hall–Kier alpha value is -4.26. The van der Waals surface area contributed by atoms with E-state index in [0.717, 1.165) is 51.9 Å². The van der Waals surface area contributed by atoms with Crippen LogP contribution in [0.2, 0.25) is 0 Å². The maximum atomic E-state index is 5.87. The average molecular weight is 451 g/mol. The summed E-state index contributed by atoms with van der Waals surface area (Å²) in [5, 5.41) is 14.0. The first-order chi connectivity index (χ1) is 16.7. The molecule has 0 aliphatic carbocycles. The van der Waals surface area contributed by atoms with Crippen molar-refractivity contribution in [3.8, 4) is 5.75 Å². The molecule has 0 amide bonds. The Kier molecular flexibility index (Phi) is 6.16. The first kappa shape index (κ1) is 21.6. The van der Waals surface area contributed by atoms with Crippen LogP contribution in [0.4, 0.5) is 5.95 Å². The van der Waals surface area contributed by atoms with Crippen LogP contribution in [0.15, 0.2) is 77.9 Å². The van der Waals surface area contributed by atoms with Crippen LogP contribution in [0.3, 0.4) is 0 Å². The number of para-hydroxylation sites is 1. The van der Waals surface area contributed by atoms with E-state index in [-0.39, 0.29) is 0 Å². The minimum atomic E-state index is 0.363. The van der Waals surface area contributed by atoms with E-state index in [0.29, 0.717) is 12.6 Å². The van der Waals surface area contributed by atoms with Crippen LogP contribution in [0, 0.1) is 6.92 Å². The van der Waals surface area contributed by atoms with Crippen molar-refractivity contribution in [1.82, 2.24) is 19.7 Å². The number of aromatic nitrogens is 4. The zero-order chi connectivity index (χ0) is 23.3. The Balaban J connectivity index is 1.26. The molecule has 170 valence electrons. The van der Waals surface area contributed by atoms with E-state index in [1.54, 1.807) is 6.21 Å². The van der Waals surface area contributed by atoms with Crippen molar-refractivity contribution in [1.29, 1.82) is 0 Å². The Morgan fingerprint density at radius 2 is 1.76 bits per heavy atom. The number of fused-ring (bicyclic) bond motifs is 3. The molecule has 0 fully saturated rings. The van der Waals surface area contributed by atoms with Crippen LogP contribution in [0.25, 0.3) is 22.1 Å². The highest BCUT2D eigenvalue weighted by Crippen LogP contribution is 2.26. The SMILES string of the molecule is CCCn1c2ccccc2c2nnc(N/N=C/c3ccc(OCc4ccc(C)cc4)cc3)nc21. The van der Waals surface area contributed by atoms with E-state index < -0.39 is 0 Å². The lowest BCUT2D eigenvalue weighted by molar-refractivity contribution is 0.306. The molecule has 2 heterocycles. The van der Waals surface area contributed by atoms with Crippen LogP contribution in [0.1, 0.15) is 30.0 Å². The van der Waals surface area contributed by atoms with Crippen LogP contribution < -0.4 is 10.2 Å². The lowest BCUT2D eigenvalue weighted by Gasteiger charge is -2.07. The minimum absolute atomic E-state index is 0.363. The molecule has 34 heavy (non-hydrogen) atoms. The molecule has 7 nitrogen and oxygen atoms in total. The number of rotatable bonds is 8. The topological polar surface area (TPSA) is 77.2 Å².